The zero-order chi connectivity index (χ0) is 12.1. The summed E-state index contributed by atoms with van der Waals surface area (Å²) >= 11 is 5.92. The average Bonchev–Trinajstić information content (AvgIpc) is 2.14. The van der Waals surface area contributed by atoms with Gasteiger partial charge in [-0.3, -0.25) is 4.79 Å². The van der Waals surface area contributed by atoms with Crippen molar-refractivity contribution in [3.05, 3.63) is 33.8 Å². The minimum atomic E-state index is -0.0705. The van der Waals surface area contributed by atoms with Crippen LogP contribution in [0.5, 0.6) is 0 Å². The minimum absolute atomic E-state index is 0.0705. The van der Waals surface area contributed by atoms with Crippen molar-refractivity contribution in [3.8, 4) is 11.8 Å². The van der Waals surface area contributed by atoms with Gasteiger partial charge in [0.1, 0.15) is 0 Å². The predicted octanol–water partition coefficient (Wildman–Crippen LogP) is 2.44. The van der Waals surface area contributed by atoms with E-state index in [1.54, 1.807) is 0 Å². The van der Waals surface area contributed by atoms with Gasteiger partial charge in [-0.2, -0.15) is 0 Å². The summed E-state index contributed by atoms with van der Waals surface area (Å²) in [5.41, 5.74) is 3.09. The van der Waals surface area contributed by atoms with Gasteiger partial charge in [0.2, 0.25) is 5.91 Å². The highest BCUT2D eigenvalue weighted by Gasteiger charge is 2.00. The number of rotatable bonds is 1. The molecule has 84 valence electrons. The maximum absolute atomic E-state index is 10.6. The molecule has 0 aliphatic heterocycles. The van der Waals surface area contributed by atoms with Gasteiger partial charge in [-0.25, -0.2) is 0 Å². The molecule has 0 saturated carbocycles. The fourth-order valence-electron chi connectivity index (χ4n) is 1.41. The summed E-state index contributed by atoms with van der Waals surface area (Å²) in [4.78, 5) is 10.6. The second-order valence-electron chi connectivity index (χ2n) is 3.63. The van der Waals surface area contributed by atoms with Crippen molar-refractivity contribution in [3.63, 3.8) is 0 Å². The van der Waals surface area contributed by atoms with E-state index >= 15 is 0 Å². The Balaban J connectivity index is 2.84. The fourth-order valence-corrected chi connectivity index (χ4v) is 1.74. The summed E-state index contributed by atoms with van der Waals surface area (Å²) < 4.78 is 0. The Morgan fingerprint density at radius 2 is 1.94 bits per heavy atom. The van der Waals surface area contributed by atoms with Crippen molar-refractivity contribution in [2.45, 2.75) is 20.8 Å². The molecule has 1 aromatic rings. The second kappa shape index (κ2) is 5.58. The van der Waals surface area contributed by atoms with Gasteiger partial charge in [0, 0.05) is 17.5 Å². The van der Waals surface area contributed by atoms with Crippen molar-refractivity contribution in [2.24, 2.45) is 0 Å². The molecule has 0 unspecified atom stereocenters. The smallest absolute Gasteiger partial charge is 0.217 e. The molecule has 1 N–H and O–H groups in total. The molecule has 1 amide bonds. The van der Waals surface area contributed by atoms with Crippen molar-refractivity contribution in [2.75, 3.05) is 6.54 Å². The van der Waals surface area contributed by atoms with E-state index in [9.17, 15) is 4.79 Å². The predicted molar refractivity (Wildman–Crippen MR) is 66.5 cm³/mol. The zero-order valence-electron chi connectivity index (χ0n) is 9.65. The Bertz CT molecular complexity index is 446. The van der Waals surface area contributed by atoms with Crippen LogP contribution in [0.25, 0.3) is 0 Å². The number of hydrogen-bond donors (Lipinski definition) is 1. The highest BCUT2D eigenvalue weighted by atomic mass is 35.5. The third-order valence-electron chi connectivity index (χ3n) is 2.14. The lowest BCUT2D eigenvalue weighted by Crippen LogP contribution is -2.19. The molecule has 2 nitrogen and oxygen atoms in total. The Kier molecular flexibility index (Phi) is 4.39. The molecule has 0 atom stereocenters. The van der Waals surface area contributed by atoms with Gasteiger partial charge >= 0.3 is 0 Å². The number of aryl methyl sites for hydroxylation is 2. The number of halogens is 1. The number of carbonyl (C=O) groups is 1. The first-order valence-corrected chi connectivity index (χ1v) is 5.38. The first-order chi connectivity index (χ1) is 7.50. The average molecular weight is 236 g/mol. The van der Waals surface area contributed by atoms with Crippen LogP contribution in [0, 0.1) is 25.7 Å². The van der Waals surface area contributed by atoms with Crippen molar-refractivity contribution >= 4 is 17.5 Å². The molecular weight excluding hydrogens is 222 g/mol. The van der Waals surface area contributed by atoms with Crippen LogP contribution in [0.3, 0.4) is 0 Å². The van der Waals surface area contributed by atoms with Crippen LogP contribution in [-0.4, -0.2) is 12.5 Å². The van der Waals surface area contributed by atoms with Crippen LogP contribution < -0.4 is 5.32 Å². The largest absolute Gasteiger partial charge is 0.345 e. The van der Waals surface area contributed by atoms with E-state index in [0.29, 0.717) is 6.54 Å². The number of carbonyl (C=O) groups excluding carboxylic acids is 1. The lowest BCUT2D eigenvalue weighted by atomic mass is 10.0. The molecule has 3 heteroatoms. The van der Waals surface area contributed by atoms with Gasteiger partial charge in [-0.1, -0.05) is 23.4 Å². The highest BCUT2D eigenvalue weighted by Crippen LogP contribution is 2.18. The summed E-state index contributed by atoms with van der Waals surface area (Å²) in [6.07, 6.45) is 0. The number of nitrogens with one attached hydrogen (secondary N) is 1. The van der Waals surface area contributed by atoms with Gasteiger partial charge in [0.15, 0.2) is 0 Å². The summed E-state index contributed by atoms with van der Waals surface area (Å²) in [5, 5.41) is 3.35. The Hall–Kier alpha value is -1.46. The lowest BCUT2D eigenvalue weighted by Gasteiger charge is -2.03. The molecule has 0 heterocycles. The summed E-state index contributed by atoms with van der Waals surface area (Å²) in [5.74, 6) is 5.88. The Morgan fingerprint density at radius 3 is 2.44 bits per heavy atom. The van der Waals surface area contributed by atoms with Gasteiger partial charge in [0.25, 0.3) is 0 Å². The van der Waals surface area contributed by atoms with Crippen LogP contribution in [0.15, 0.2) is 12.1 Å². The Morgan fingerprint density at radius 1 is 1.38 bits per heavy atom. The number of benzene rings is 1. The van der Waals surface area contributed by atoms with Crippen molar-refractivity contribution in [1.29, 1.82) is 0 Å². The summed E-state index contributed by atoms with van der Waals surface area (Å²) in [7, 11) is 0. The van der Waals surface area contributed by atoms with Crippen molar-refractivity contribution < 1.29 is 4.79 Å². The molecule has 16 heavy (non-hydrogen) atoms. The van der Waals surface area contributed by atoms with E-state index < -0.39 is 0 Å². The van der Waals surface area contributed by atoms with Gasteiger partial charge in [-0.15, -0.1) is 0 Å². The van der Waals surface area contributed by atoms with E-state index in [1.165, 1.54) is 6.92 Å². The van der Waals surface area contributed by atoms with Gasteiger partial charge in [-0.05, 0) is 37.1 Å². The van der Waals surface area contributed by atoms with Gasteiger partial charge in [0.05, 0.1) is 6.54 Å². The van der Waals surface area contributed by atoms with Crippen LogP contribution >= 0.6 is 11.6 Å². The molecule has 0 fully saturated rings. The maximum atomic E-state index is 10.6. The molecule has 1 rings (SSSR count). The first-order valence-electron chi connectivity index (χ1n) is 5.00. The van der Waals surface area contributed by atoms with E-state index in [0.717, 1.165) is 21.7 Å². The standard InChI is InChI=1S/C13H14ClNO/c1-9-7-12(14)8-10(2)13(9)5-4-6-15-11(3)16/h7-8H,6H2,1-3H3,(H,15,16). The summed E-state index contributed by atoms with van der Waals surface area (Å²) in [6, 6.07) is 3.77. The monoisotopic (exact) mass is 235 g/mol. The van der Waals surface area contributed by atoms with E-state index in [-0.39, 0.29) is 5.91 Å². The molecule has 0 bridgehead atoms. The fraction of sp³-hybridized carbons (Fsp3) is 0.308. The van der Waals surface area contributed by atoms with Gasteiger partial charge < -0.3 is 5.32 Å². The molecule has 1 aromatic carbocycles. The van der Waals surface area contributed by atoms with Crippen molar-refractivity contribution in [1.82, 2.24) is 5.32 Å². The molecule has 0 aromatic heterocycles. The zero-order valence-corrected chi connectivity index (χ0v) is 10.4. The second-order valence-corrected chi connectivity index (χ2v) is 4.06. The highest BCUT2D eigenvalue weighted by molar-refractivity contribution is 6.30. The van der Waals surface area contributed by atoms with Crippen LogP contribution in [0.2, 0.25) is 5.02 Å². The molecule has 0 aliphatic carbocycles. The maximum Gasteiger partial charge on any atom is 0.217 e. The quantitative estimate of drug-likeness (QED) is 0.745. The number of hydrogen-bond acceptors (Lipinski definition) is 1. The van der Waals surface area contributed by atoms with Crippen LogP contribution in [0.4, 0.5) is 0 Å². The third kappa shape index (κ3) is 3.60. The Labute approximate surface area is 101 Å². The van der Waals surface area contributed by atoms with E-state index in [4.69, 9.17) is 11.6 Å². The third-order valence-corrected chi connectivity index (χ3v) is 2.35. The van der Waals surface area contributed by atoms with Crippen LogP contribution in [0.1, 0.15) is 23.6 Å². The normalized spacial score (nSPS) is 9.25. The number of amides is 1. The topological polar surface area (TPSA) is 29.1 Å². The lowest BCUT2D eigenvalue weighted by molar-refractivity contribution is -0.118. The first kappa shape index (κ1) is 12.6. The minimum Gasteiger partial charge on any atom is -0.345 e. The van der Waals surface area contributed by atoms with Crippen LogP contribution in [-0.2, 0) is 4.79 Å². The molecule has 0 aliphatic rings. The molecular formula is C13H14ClNO. The molecule has 0 saturated heterocycles. The van der Waals surface area contributed by atoms with E-state index in [1.807, 2.05) is 26.0 Å². The molecule has 0 spiro atoms. The molecule has 0 radical (unpaired) electrons. The SMILES string of the molecule is CC(=O)NCC#Cc1c(C)cc(Cl)cc1C. The summed E-state index contributed by atoms with van der Waals surface area (Å²) in [6.45, 7) is 5.79. The van der Waals surface area contributed by atoms with E-state index in [2.05, 4.69) is 17.2 Å².